The van der Waals surface area contributed by atoms with Crippen molar-refractivity contribution in [1.82, 2.24) is 19.7 Å². The minimum atomic E-state index is 0.944. The Balaban J connectivity index is 1.58. The predicted octanol–water partition coefficient (Wildman–Crippen LogP) is 4.71. The van der Waals surface area contributed by atoms with E-state index in [2.05, 4.69) is 44.9 Å². The third kappa shape index (κ3) is 3.15. The average molecular weight is 361 g/mol. The van der Waals surface area contributed by atoms with Gasteiger partial charge in [0.2, 0.25) is 0 Å². The number of aromatic nitrogens is 4. The summed E-state index contributed by atoms with van der Waals surface area (Å²) in [6, 6.07) is 12.3. The van der Waals surface area contributed by atoms with Crippen molar-refractivity contribution in [1.29, 1.82) is 0 Å². The Kier molecular flexibility index (Phi) is 4.58. The van der Waals surface area contributed by atoms with Crippen LogP contribution in [-0.2, 0) is 13.5 Å². The molecule has 5 nitrogen and oxygen atoms in total. The lowest BCUT2D eigenvalue weighted by Crippen LogP contribution is -1.98. The van der Waals surface area contributed by atoms with E-state index in [1.165, 1.54) is 5.56 Å². The van der Waals surface area contributed by atoms with Crippen LogP contribution in [0.1, 0.15) is 12.5 Å². The molecule has 0 aliphatic rings. The fourth-order valence-corrected chi connectivity index (χ4v) is 3.65. The van der Waals surface area contributed by atoms with Gasteiger partial charge in [-0.2, -0.15) is 5.10 Å². The number of aryl methyl sites for hydroxylation is 2. The maximum Gasteiger partial charge on any atom is 0.0921 e. The first-order valence-electron chi connectivity index (χ1n) is 8.49. The maximum absolute atomic E-state index is 4.57. The van der Waals surface area contributed by atoms with E-state index in [9.17, 15) is 0 Å². The third-order valence-corrected chi connectivity index (χ3v) is 5.14. The maximum atomic E-state index is 4.57. The largest absolute Gasteiger partial charge is 0.323 e. The molecule has 4 aromatic rings. The SMILES string of the molecule is CCc1ccc2cnn(C)c2c1NSc1ccc(-c2ccncc2)nc1. The molecule has 3 heterocycles. The van der Waals surface area contributed by atoms with E-state index < -0.39 is 0 Å². The fraction of sp³-hybridized carbons (Fsp3) is 0.150. The molecule has 0 fully saturated rings. The molecule has 4 rings (SSSR count). The van der Waals surface area contributed by atoms with Crippen molar-refractivity contribution in [2.24, 2.45) is 7.05 Å². The molecule has 0 aliphatic carbocycles. The Hall–Kier alpha value is -2.86. The van der Waals surface area contributed by atoms with Crippen molar-refractivity contribution in [3.05, 3.63) is 66.7 Å². The summed E-state index contributed by atoms with van der Waals surface area (Å²) in [5.41, 5.74) is 5.53. The molecule has 3 aromatic heterocycles. The summed E-state index contributed by atoms with van der Waals surface area (Å²) in [6.45, 7) is 2.17. The summed E-state index contributed by atoms with van der Waals surface area (Å²) in [6.07, 6.45) is 8.31. The molecular weight excluding hydrogens is 342 g/mol. The van der Waals surface area contributed by atoms with E-state index >= 15 is 0 Å². The third-order valence-electron chi connectivity index (χ3n) is 4.35. The standard InChI is InChI=1S/C20H19N5S/c1-3-14-4-5-16-12-23-25(2)20(16)19(14)24-26-17-6-7-18(22-13-17)15-8-10-21-11-9-15/h4-13,24H,3H2,1-2H3. The normalized spacial score (nSPS) is 11.0. The van der Waals surface area contributed by atoms with Crippen molar-refractivity contribution in [3.63, 3.8) is 0 Å². The highest BCUT2D eigenvalue weighted by molar-refractivity contribution is 8.00. The molecule has 0 saturated carbocycles. The van der Waals surface area contributed by atoms with Crippen molar-refractivity contribution < 1.29 is 0 Å². The molecule has 0 unspecified atom stereocenters. The van der Waals surface area contributed by atoms with Crippen LogP contribution in [0.15, 0.2) is 66.1 Å². The van der Waals surface area contributed by atoms with Gasteiger partial charge in [-0.15, -0.1) is 0 Å². The first-order valence-corrected chi connectivity index (χ1v) is 9.31. The Morgan fingerprint density at radius 3 is 2.62 bits per heavy atom. The van der Waals surface area contributed by atoms with E-state index in [0.29, 0.717) is 0 Å². The summed E-state index contributed by atoms with van der Waals surface area (Å²) in [7, 11) is 1.97. The molecular formula is C20H19N5S. The Morgan fingerprint density at radius 1 is 1.04 bits per heavy atom. The summed E-state index contributed by atoms with van der Waals surface area (Å²) < 4.78 is 5.43. The molecule has 0 bridgehead atoms. The van der Waals surface area contributed by atoms with E-state index in [1.54, 1.807) is 24.3 Å². The Morgan fingerprint density at radius 2 is 1.88 bits per heavy atom. The summed E-state index contributed by atoms with van der Waals surface area (Å²) in [5, 5.41) is 5.52. The van der Waals surface area contributed by atoms with Crippen molar-refractivity contribution >= 4 is 28.5 Å². The van der Waals surface area contributed by atoms with Crippen LogP contribution in [0.25, 0.3) is 22.2 Å². The zero-order valence-corrected chi connectivity index (χ0v) is 15.5. The monoisotopic (exact) mass is 361 g/mol. The molecule has 26 heavy (non-hydrogen) atoms. The number of hydrogen-bond acceptors (Lipinski definition) is 5. The number of rotatable bonds is 5. The highest BCUT2D eigenvalue weighted by atomic mass is 32.2. The molecule has 0 aliphatic heterocycles. The number of hydrogen-bond donors (Lipinski definition) is 1. The van der Waals surface area contributed by atoms with Crippen LogP contribution in [0.2, 0.25) is 0 Å². The quantitative estimate of drug-likeness (QED) is 0.522. The van der Waals surface area contributed by atoms with Gasteiger partial charge in [-0.05, 0) is 48.2 Å². The molecule has 0 atom stereocenters. The van der Waals surface area contributed by atoms with Crippen LogP contribution in [0.5, 0.6) is 0 Å². The van der Waals surface area contributed by atoms with E-state index in [4.69, 9.17) is 0 Å². The van der Waals surface area contributed by atoms with Gasteiger partial charge in [-0.1, -0.05) is 19.1 Å². The minimum absolute atomic E-state index is 0.944. The van der Waals surface area contributed by atoms with Crippen LogP contribution in [0.4, 0.5) is 5.69 Å². The van der Waals surface area contributed by atoms with Crippen LogP contribution in [0.3, 0.4) is 0 Å². The number of fused-ring (bicyclic) bond motifs is 1. The Bertz CT molecular complexity index is 1030. The number of nitrogens with one attached hydrogen (secondary N) is 1. The van der Waals surface area contributed by atoms with E-state index in [0.717, 1.165) is 39.2 Å². The number of benzene rings is 1. The smallest absolute Gasteiger partial charge is 0.0921 e. The van der Waals surface area contributed by atoms with Gasteiger partial charge < -0.3 is 4.72 Å². The zero-order chi connectivity index (χ0) is 17.9. The van der Waals surface area contributed by atoms with Gasteiger partial charge in [0.05, 0.1) is 23.1 Å². The van der Waals surface area contributed by atoms with Crippen molar-refractivity contribution in [2.45, 2.75) is 18.2 Å². The van der Waals surface area contributed by atoms with Crippen molar-refractivity contribution in [3.8, 4) is 11.3 Å². The highest BCUT2D eigenvalue weighted by Crippen LogP contribution is 2.32. The van der Waals surface area contributed by atoms with E-state index in [1.807, 2.05) is 42.3 Å². The second kappa shape index (κ2) is 7.17. The second-order valence-corrected chi connectivity index (χ2v) is 6.86. The van der Waals surface area contributed by atoms with Crippen LogP contribution >= 0.6 is 11.9 Å². The van der Waals surface area contributed by atoms with E-state index in [-0.39, 0.29) is 0 Å². The average Bonchev–Trinajstić information content (AvgIpc) is 3.08. The molecule has 0 amide bonds. The summed E-state index contributed by atoms with van der Waals surface area (Å²) in [4.78, 5) is 9.67. The molecule has 130 valence electrons. The number of pyridine rings is 2. The molecule has 1 aromatic carbocycles. The van der Waals surface area contributed by atoms with Crippen molar-refractivity contribution in [2.75, 3.05) is 4.72 Å². The lowest BCUT2D eigenvalue weighted by molar-refractivity contribution is 0.797. The van der Waals surface area contributed by atoms with Gasteiger partial charge in [0.1, 0.15) is 0 Å². The number of anilines is 1. The minimum Gasteiger partial charge on any atom is -0.323 e. The summed E-state index contributed by atoms with van der Waals surface area (Å²) >= 11 is 1.57. The van der Waals surface area contributed by atoms with Crippen LogP contribution in [-0.4, -0.2) is 19.7 Å². The zero-order valence-electron chi connectivity index (χ0n) is 14.7. The molecule has 0 spiro atoms. The fourth-order valence-electron chi connectivity index (χ4n) is 2.96. The molecule has 6 heteroatoms. The van der Waals surface area contributed by atoms with Gasteiger partial charge in [0.15, 0.2) is 0 Å². The lowest BCUT2D eigenvalue weighted by atomic mass is 10.1. The predicted molar refractivity (Wildman–Crippen MR) is 107 cm³/mol. The first kappa shape index (κ1) is 16.6. The second-order valence-electron chi connectivity index (χ2n) is 5.98. The molecule has 1 N–H and O–H groups in total. The van der Waals surface area contributed by atoms with Gasteiger partial charge in [-0.3, -0.25) is 14.6 Å². The Labute approximate surface area is 156 Å². The highest BCUT2D eigenvalue weighted by Gasteiger charge is 2.11. The van der Waals surface area contributed by atoms with Gasteiger partial charge >= 0.3 is 0 Å². The number of nitrogens with zero attached hydrogens (tertiary/aromatic N) is 4. The van der Waals surface area contributed by atoms with Crippen LogP contribution < -0.4 is 4.72 Å². The molecule has 0 saturated heterocycles. The lowest BCUT2D eigenvalue weighted by Gasteiger charge is -2.13. The molecule has 0 radical (unpaired) electrons. The van der Waals surface area contributed by atoms with Gasteiger partial charge in [0, 0.05) is 41.5 Å². The topological polar surface area (TPSA) is 55.6 Å². The first-order chi connectivity index (χ1) is 12.8. The van der Waals surface area contributed by atoms with Gasteiger partial charge in [0.25, 0.3) is 0 Å². The summed E-state index contributed by atoms with van der Waals surface area (Å²) in [5.74, 6) is 0. The van der Waals surface area contributed by atoms with Gasteiger partial charge in [-0.25, -0.2) is 0 Å². The van der Waals surface area contributed by atoms with Crippen LogP contribution in [0, 0.1) is 0 Å².